The minimum Gasteiger partial charge on any atom is -0.428 e. The highest BCUT2D eigenvalue weighted by Crippen LogP contribution is 2.39. The van der Waals surface area contributed by atoms with Crippen LogP contribution in [-0.4, -0.2) is 68.2 Å². The van der Waals surface area contributed by atoms with E-state index in [2.05, 4.69) is 191 Å². The summed E-state index contributed by atoms with van der Waals surface area (Å²) in [4.78, 5) is 0. The van der Waals surface area contributed by atoms with Crippen molar-refractivity contribution in [3.05, 3.63) is 65.3 Å². The van der Waals surface area contributed by atoms with Crippen molar-refractivity contribution >= 4 is 6.01 Å². The average molecular weight is 980 g/mol. The van der Waals surface area contributed by atoms with Gasteiger partial charge in [0.15, 0.2) is 0 Å². The van der Waals surface area contributed by atoms with E-state index in [0.717, 1.165) is 73.9 Å². The highest BCUT2D eigenvalue weighted by Gasteiger charge is 2.30. The van der Waals surface area contributed by atoms with Crippen molar-refractivity contribution in [2.24, 2.45) is 32.5 Å². The van der Waals surface area contributed by atoms with E-state index in [4.69, 9.17) is 26.5 Å². The summed E-state index contributed by atoms with van der Waals surface area (Å²) < 4.78 is 31.8. The van der Waals surface area contributed by atoms with E-state index < -0.39 is 0 Å². The molecule has 0 spiro atoms. The molecule has 0 radical (unpaired) electrons. The van der Waals surface area contributed by atoms with Gasteiger partial charge in [-0.3, -0.25) is 0 Å². The van der Waals surface area contributed by atoms with Gasteiger partial charge in [-0.25, -0.2) is 0 Å². The number of anilines is 1. The summed E-state index contributed by atoms with van der Waals surface area (Å²) in [6.45, 7) is 46.4. The topological polar surface area (TPSA) is 246 Å². The van der Waals surface area contributed by atoms with Gasteiger partial charge >= 0.3 is 6.01 Å². The number of hydrogen-bond donors (Lipinski definition) is 1. The van der Waals surface area contributed by atoms with E-state index in [1.807, 2.05) is 13.8 Å². The number of nitrogens with one attached hydrogen (secondary N) is 1. The smallest absolute Gasteiger partial charge is 0.315 e. The minimum atomic E-state index is 0.192. The lowest BCUT2D eigenvalue weighted by Crippen LogP contribution is -2.09. The van der Waals surface area contributed by atoms with Crippen molar-refractivity contribution in [3.8, 4) is 0 Å². The monoisotopic (exact) mass is 980 g/mol. The molecule has 6 heterocycles. The Balaban J connectivity index is 0.000000289. The molecule has 0 bridgehead atoms. The van der Waals surface area contributed by atoms with E-state index in [1.165, 1.54) is 19.2 Å². The molecule has 6 aromatic rings. The van der Waals surface area contributed by atoms with Gasteiger partial charge in [-0.15, -0.1) is 56.1 Å². The molecule has 1 aliphatic carbocycles. The Morgan fingerprint density at radius 1 is 0.443 bits per heavy atom. The molecule has 394 valence electrons. The van der Waals surface area contributed by atoms with Crippen LogP contribution < -0.4 is 5.32 Å². The lowest BCUT2D eigenvalue weighted by atomic mass is 9.92. The largest absolute Gasteiger partial charge is 0.428 e. The van der Waals surface area contributed by atoms with E-state index >= 15 is 0 Å². The first kappa shape index (κ1) is 60.8. The van der Waals surface area contributed by atoms with Gasteiger partial charge in [-0.2, -0.15) is 0 Å². The maximum atomic E-state index is 5.56. The zero-order valence-electron chi connectivity index (χ0n) is 47.2. The fourth-order valence-electron chi connectivity index (χ4n) is 5.64. The lowest BCUT2D eigenvalue weighted by molar-refractivity contribution is 0.341. The Labute approximate surface area is 418 Å². The molecule has 0 amide bonds. The molecule has 1 aliphatic rings. The standard InChI is InChI=1S/C10H16N2O.C10H18N2O.C8H15N3O.2C8H14N2O.C7H12N2O/c1-10(2,3)6-8-11-12-9(13-8)7-4-5-7;1-7(2)9-12-11-8(13-9)6-10(3,4)5;1-8(2,3)5-6-10-11-7(9-4)12-6;2*1-6-9-10-7(11-6)5-8(2,3)4;1-7(2,3)4-6-9-8-5-10-6/h7H,4-6H2,1-3H3;7H,6H2,1-5H3;5H2,1-4H3,(H,9,11);2*5H2,1-4H3;5H,4H2,1-3H3. The molecule has 0 unspecified atom stereocenters. The zero-order valence-corrected chi connectivity index (χ0v) is 47.2. The maximum absolute atomic E-state index is 5.56. The summed E-state index contributed by atoms with van der Waals surface area (Å²) in [6, 6.07) is 0.481. The maximum Gasteiger partial charge on any atom is 0.315 e. The van der Waals surface area contributed by atoms with Crippen LogP contribution in [0.15, 0.2) is 32.9 Å². The van der Waals surface area contributed by atoms with Crippen LogP contribution in [-0.2, 0) is 38.5 Å². The fraction of sp³-hybridized carbons (Fsp3) is 0.765. The predicted octanol–water partition coefficient (Wildman–Crippen LogP) is 12.6. The van der Waals surface area contributed by atoms with Gasteiger partial charge in [0.1, 0.15) is 0 Å². The first-order chi connectivity index (χ1) is 32.0. The molecule has 70 heavy (non-hydrogen) atoms. The number of aromatic nitrogens is 12. The van der Waals surface area contributed by atoms with Crippen LogP contribution in [0.4, 0.5) is 6.01 Å². The van der Waals surface area contributed by atoms with Crippen LogP contribution in [0.3, 0.4) is 0 Å². The number of nitrogens with zero attached hydrogens (tertiary/aromatic N) is 12. The molecule has 0 aliphatic heterocycles. The van der Waals surface area contributed by atoms with Crippen molar-refractivity contribution in [1.29, 1.82) is 0 Å². The van der Waals surface area contributed by atoms with Crippen LogP contribution in [0.2, 0.25) is 0 Å². The second-order valence-electron chi connectivity index (χ2n) is 25.4. The summed E-state index contributed by atoms with van der Waals surface area (Å²) in [5.74, 6) is 8.16. The highest BCUT2D eigenvalue weighted by atomic mass is 16.4. The molecular weight excluding hydrogens is 891 g/mol. The number of rotatable bonds is 9. The summed E-state index contributed by atoms with van der Waals surface area (Å²) in [6.07, 6.45) is 8.84. The normalized spacial score (nSPS) is 13.1. The molecule has 7 rings (SSSR count). The van der Waals surface area contributed by atoms with Crippen molar-refractivity contribution in [1.82, 2.24) is 61.2 Å². The third-order valence-corrected chi connectivity index (χ3v) is 8.70. The van der Waals surface area contributed by atoms with Gasteiger partial charge in [0.2, 0.25) is 65.3 Å². The fourth-order valence-corrected chi connectivity index (χ4v) is 5.64. The third kappa shape index (κ3) is 29.6. The second kappa shape index (κ2) is 26.2. The summed E-state index contributed by atoms with van der Waals surface area (Å²) >= 11 is 0. The summed E-state index contributed by atoms with van der Waals surface area (Å²) in [7, 11) is 1.76. The summed E-state index contributed by atoms with van der Waals surface area (Å²) in [5, 5.41) is 49.3. The summed E-state index contributed by atoms with van der Waals surface area (Å²) in [5.41, 5.74) is 1.30. The quantitative estimate of drug-likeness (QED) is 0.141. The SMILES string of the molecule is CC(C)(C)Cc1nnc(C2CC2)o1.CC(C)(C)Cc1nnco1.CC(C)c1nnc(CC(C)(C)C)o1.CNc1nnc(CC(C)(C)C)o1.Cc1nnc(CC(C)(C)C)o1.Cc1nnc(CC(C)(C)C)o1. The van der Waals surface area contributed by atoms with Crippen molar-refractivity contribution < 1.29 is 26.5 Å². The molecule has 1 N–H and O–H groups in total. The molecule has 6 aromatic heterocycles. The van der Waals surface area contributed by atoms with Crippen molar-refractivity contribution in [2.45, 2.75) is 216 Å². The molecule has 19 nitrogen and oxygen atoms in total. The molecular formula is C51H89N13O6. The van der Waals surface area contributed by atoms with E-state index in [9.17, 15) is 0 Å². The van der Waals surface area contributed by atoms with Gasteiger partial charge < -0.3 is 31.8 Å². The van der Waals surface area contributed by atoms with Crippen molar-refractivity contribution in [3.63, 3.8) is 0 Å². The first-order valence-electron chi connectivity index (χ1n) is 24.4. The average Bonchev–Trinajstić information content (AvgIpc) is 3.85. The molecule has 0 atom stereocenters. The molecule has 0 saturated heterocycles. The molecule has 1 fully saturated rings. The predicted molar refractivity (Wildman–Crippen MR) is 270 cm³/mol. The number of aryl methyl sites for hydroxylation is 2. The van der Waals surface area contributed by atoms with Gasteiger partial charge in [0.05, 0.1) is 0 Å². The van der Waals surface area contributed by atoms with Gasteiger partial charge in [0, 0.05) is 71.3 Å². The highest BCUT2D eigenvalue weighted by molar-refractivity contribution is 5.14. The first-order valence-corrected chi connectivity index (χ1v) is 24.4. The Hall–Kier alpha value is -5.36. The molecule has 0 aromatic carbocycles. The van der Waals surface area contributed by atoms with Crippen LogP contribution in [0.25, 0.3) is 0 Å². The van der Waals surface area contributed by atoms with Gasteiger partial charge in [-0.1, -0.05) is 144 Å². The Morgan fingerprint density at radius 2 is 0.800 bits per heavy atom. The van der Waals surface area contributed by atoms with Crippen LogP contribution in [0, 0.1) is 46.3 Å². The van der Waals surface area contributed by atoms with Crippen molar-refractivity contribution in [2.75, 3.05) is 12.4 Å². The lowest BCUT2D eigenvalue weighted by Gasteiger charge is -2.14. The Bertz CT molecular complexity index is 2200. The van der Waals surface area contributed by atoms with E-state index in [0.29, 0.717) is 41.4 Å². The Morgan fingerprint density at radius 3 is 1.11 bits per heavy atom. The van der Waals surface area contributed by atoms with Crippen LogP contribution >= 0.6 is 0 Å². The van der Waals surface area contributed by atoms with Gasteiger partial charge in [-0.05, 0) is 45.3 Å². The molecule has 19 heteroatoms. The third-order valence-electron chi connectivity index (χ3n) is 8.70. The van der Waals surface area contributed by atoms with Gasteiger partial charge in [0.25, 0.3) is 0 Å². The Kier molecular flexibility index (Phi) is 22.7. The van der Waals surface area contributed by atoms with E-state index in [1.54, 1.807) is 20.9 Å². The zero-order chi connectivity index (χ0) is 53.3. The van der Waals surface area contributed by atoms with Crippen LogP contribution in [0.5, 0.6) is 0 Å². The van der Waals surface area contributed by atoms with Crippen LogP contribution in [0.1, 0.15) is 222 Å². The second-order valence-corrected chi connectivity index (χ2v) is 25.4. The molecule has 1 saturated carbocycles. The number of hydrogen-bond acceptors (Lipinski definition) is 19. The van der Waals surface area contributed by atoms with E-state index in [-0.39, 0.29) is 32.5 Å². The minimum absolute atomic E-state index is 0.192.